The van der Waals surface area contributed by atoms with E-state index in [0.717, 1.165) is 16.5 Å². The Bertz CT molecular complexity index is 1470. The van der Waals surface area contributed by atoms with E-state index in [-0.39, 0.29) is 18.0 Å². The van der Waals surface area contributed by atoms with Gasteiger partial charge in [-0.05, 0) is 29.7 Å². The first kappa shape index (κ1) is 16.2. The largest absolute Gasteiger partial charge is 0.336 e. The molecule has 0 N–H and O–H groups in total. The summed E-state index contributed by atoms with van der Waals surface area (Å²) in [6.45, 7) is 0. The van der Waals surface area contributed by atoms with E-state index in [1.54, 1.807) is 12.4 Å². The highest BCUT2D eigenvalue weighted by atomic mass is 16.3. The first-order valence-corrected chi connectivity index (χ1v) is 10.5. The van der Waals surface area contributed by atoms with Crippen LogP contribution in [0.3, 0.4) is 0 Å². The summed E-state index contributed by atoms with van der Waals surface area (Å²) in [7, 11) is 0. The summed E-state index contributed by atoms with van der Waals surface area (Å²) in [5.74, 6) is 0.145. The summed E-state index contributed by atoms with van der Waals surface area (Å²) in [6.07, 6.45) is 6.36. The van der Waals surface area contributed by atoms with Gasteiger partial charge in [0, 0.05) is 32.8 Å². The van der Waals surface area contributed by atoms with Gasteiger partial charge in [0.1, 0.15) is 0 Å². The Kier molecular flexibility index (Phi) is 3.07. The molecule has 4 heteroatoms. The second kappa shape index (κ2) is 5.70. The van der Waals surface area contributed by atoms with Crippen molar-refractivity contribution in [3.63, 3.8) is 0 Å². The fourth-order valence-electron chi connectivity index (χ4n) is 5.97. The van der Waals surface area contributed by atoms with E-state index in [0.29, 0.717) is 0 Å². The number of aromatic nitrogens is 3. The highest BCUT2D eigenvalue weighted by molar-refractivity contribution is 6.08. The zero-order valence-electron chi connectivity index (χ0n) is 16.3. The molecule has 2 aliphatic heterocycles. The van der Waals surface area contributed by atoms with Crippen LogP contribution in [0.1, 0.15) is 41.2 Å². The Morgan fingerprint density at radius 1 is 0.800 bits per heavy atom. The monoisotopic (exact) mass is 390 g/mol. The highest BCUT2D eigenvalue weighted by Gasteiger charge is 2.45. The van der Waals surface area contributed by atoms with Crippen molar-refractivity contribution in [2.24, 2.45) is 0 Å². The van der Waals surface area contributed by atoms with E-state index in [2.05, 4.69) is 81.9 Å². The molecule has 0 radical (unpaired) electrons. The maximum atomic E-state index is 12.2. The molecule has 3 aliphatic rings. The zero-order valence-corrected chi connectivity index (χ0v) is 16.3. The van der Waals surface area contributed by atoms with Crippen molar-refractivity contribution in [2.75, 3.05) is 0 Å². The van der Waals surface area contributed by atoms with Crippen molar-refractivity contribution >= 4 is 21.8 Å². The van der Waals surface area contributed by atoms with E-state index >= 15 is 0 Å². The fraction of sp³-hybridized carbons (Fsp3) is 0.154. The second-order valence-electron chi connectivity index (χ2n) is 8.45. The third kappa shape index (κ3) is 1.96. The van der Waals surface area contributed by atoms with E-state index in [4.69, 9.17) is 0 Å². The molecule has 2 bridgehead atoms. The van der Waals surface area contributed by atoms with Crippen molar-refractivity contribution in [2.45, 2.75) is 24.4 Å². The van der Waals surface area contributed by atoms with Crippen LogP contribution < -0.4 is 4.43 Å². The van der Waals surface area contributed by atoms with Gasteiger partial charge in [-0.3, -0.25) is 0 Å². The number of fused-ring (bicyclic) bond motifs is 4. The van der Waals surface area contributed by atoms with Gasteiger partial charge in [0.2, 0.25) is 12.4 Å². The normalized spacial score (nSPS) is 21.7. The standard InChI is InChI=1S/C26H20N3O/c30-27-13-14-28-23-15-24(26(25(28)16-27)20-10-2-1-9-19(20)23)29-21-11-5-3-7-17(21)18-8-4-6-12-22(18)29/h1-14,16,23-24,26H,15H2/q+1. The molecule has 5 aromatic rings. The predicted octanol–water partition coefficient (Wildman–Crippen LogP) is 5.19. The molecule has 3 unspecified atom stereocenters. The molecular formula is C26H20N3O+. The number of benzene rings is 3. The predicted molar refractivity (Wildman–Crippen MR) is 117 cm³/mol. The minimum Gasteiger partial charge on any atom is -0.336 e. The highest BCUT2D eigenvalue weighted by Crippen LogP contribution is 2.55. The minimum atomic E-state index is 0.145. The first-order valence-electron chi connectivity index (χ1n) is 10.5. The molecule has 4 heterocycles. The van der Waals surface area contributed by atoms with Crippen LogP contribution in [0.25, 0.3) is 21.8 Å². The maximum absolute atomic E-state index is 12.2. The lowest BCUT2D eigenvalue weighted by Crippen LogP contribution is -2.39. The first-order chi connectivity index (χ1) is 14.8. The minimum absolute atomic E-state index is 0.145. The number of nitrogens with zero attached hydrogens (tertiary/aromatic N) is 3. The molecule has 0 saturated heterocycles. The molecule has 30 heavy (non-hydrogen) atoms. The van der Waals surface area contributed by atoms with E-state index in [1.165, 1.54) is 32.9 Å². The van der Waals surface area contributed by atoms with Gasteiger partial charge in [0.15, 0.2) is 0 Å². The third-order valence-electron chi connectivity index (χ3n) is 7.07. The van der Waals surface area contributed by atoms with E-state index in [1.807, 2.05) is 6.20 Å². The lowest BCUT2D eigenvalue weighted by molar-refractivity contribution is -0.496. The van der Waals surface area contributed by atoms with Crippen LogP contribution in [-0.4, -0.2) is 9.13 Å². The number of para-hydroxylation sites is 2. The molecule has 0 spiro atoms. The van der Waals surface area contributed by atoms with Gasteiger partial charge >= 0.3 is 0 Å². The lowest BCUT2D eigenvalue weighted by Gasteiger charge is -2.46. The summed E-state index contributed by atoms with van der Waals surface area (Å²) in [4.78, 5) is 12.2. The molecule has 0 fully saturated rings. The van der Waals surface area contributed by atoms with Crippen LogP contribution in [0.2, 0.25) is 0 Å². The second-order valence-corrected chi connectivity index (χ2v) is 8.45. The zero-order chi connectivity index (χ0) is 19.8. The summed E-state index contributed by atoms with van der Waals surface area (Å²) in [6, 6.07) is 26.7. The van der Waals surface area contributed by atoms with Crippen molar-refractivity contribution in [1.82, 2.24) is 9.13 Å². The number of hydrogen-bond donors (Lipinski definition) is 0. The van der Waals surface area contributed by atoms with E-state index < -0.39 is 0 Å². The van der Waals surface area contributed by atoms with Crippen LogP contribution in [0.15, 0.2) is 91.4 Å². The van der Waals surface area contributed by atoms with Crippen LogP contribution in [0.5, 0.6) is 0 Å². The van der Waals surface area contributed by atoms with Crippen LogP contribution in [0, 0.1) is 4.91 Å². The SMILES string of the molecule is O=[n+]1ccn2c(c1)C1c3ccccc3C2CC1n1c2ccccc2c2ccccc21. The van der Waals surface area contributed by atoms with Gasteiger partial charge in [0.25, 0.3) is 0 Å². The molecule has 3 atom stereocenters. The van der Waals surface area contributed by atoms with Gasteiger partial charge in [-0.1, -0.05) is 60.7 Å². The Morgan fingerprint density at radius 2 is 1.43 bits per heavy atom. The fourth-order valence-corrected chi connectivity index (χ4v) is 5.97. The summed E-state index contributed by atoms with van der Waals surface area (Å²) >= 11 is 0. The Hall–Kier alpha value is -3.66. The summed E-state index contributed by atoms with van der Waals surface area (Å²) in [5.41, 5.74) is 6.39. The maximum Gasteiger partial charge on any atom is 0.247 e. The summed E-state index contributed by atoms with van der Waals surface area (Å²) < 4.78 is 5.79. The van der Waals surface area contributed by atoms with Crippen LogP contribution >= 0.6 is 0 Å². The molecule has 144 valence electrons. The van der Waals surface area contributed by atoms with Gasteiger partial charge in [0.05, 0.1) is 28.3 Å². The average molecular weight is 390 g/mol. The van der Waals surface area contributed by atoms with Gasteiger partial charge < -0.3 is 9.13 Å². The van der Waals surface area contributed by atoms with E-state index in [9.17, 15) is 4.91 Å². The van der Waals surface area contributed by atoms with Crippen molar-refractivity contribution in [1.29, 1.82) is 0 Å². The molecule has 4 nitrogen and oxygen atoms in total. The summed E-state index contributed by atoms with van der Waals surface area (Å²) in [5, 5.41) is 2.59. The Labute approximate surface area is 173 Å². The molecule has 1 aliphatic carbocycles. The van der Waals surface area contributed by atoms with Crippen LogP contribution in [0.4, 0.5) is 0 Å². The Balaban J connectivity index is 1.57. The third-order valence-corrected chi connectivity index (χ3v) is 7.07. The van der Waals surface area contributed by atoms with Crippen molar-refractivity contribution < 1.29 is 4.43 Å². The average Bonchev–Trinajstić information content (AvgIpc) is 3.13. The Morgan fingerprint density at radius 3 is 2.17 bits per heavy atom. The quantitative estimate of drug-likeness (QED) is 0.363. The molecule has 2 aromatic heterocycles. The van der Waals surface area contributed by atoms with Gasteiger partial charge in [-0.2, -0.15) is 0 Å². The van der Waals surface area contributed by atoms with Crippen molar-refractivity contribution in [3.8, 4) is 0 Å². The number of hydrogen-bond acceptors (Lipinski definition) is 1. The topological polar surface area (TPSA) is 32.8 Å². The number of rotatable bonds is 1. The molecule has 3 aromatic carbocycles. The lowest BCUT2D eigenvalue weighted by atomic mass is 9.71. The molecule has 8 rings (SSSR count). The molecular weight excluding hydrogens is 370 g/mol. The van der Waals surface area contributed by atoms with Gasteiger partial charge in [-0.15, -0.1) is 0 Å². The van der Waals surface area contributed by atoms with Crippen LogP contribution in [-0.2, 0) is 0 Å². The smallest absolute Gasteiger partial charge is 0.247 e. The van der Waals surface area contributed by atoms with Crippen molar-refractivity contribution in [3.05, 3.63) is 113 Å². The van der Waals surface area contributed by atoms with Gasteiger partial charge in [-0.25, -0.2) is 0 Å². The molecule has 0 amide bonds. The molecule has 0 saturated carbocycles.